The Kier molecular flexibility index (Phi) is 7.62. The van der Waals surface area contributed by atoms with Crippen molar-refractivity contribution < 1.29 is 19.4 Å². The second-order valence-electron chi connectivity index (χ2n) is 9.18. The van der Waals surface area contributed by atoms with Gasteiger partial charge in [0.2, 0.25) is 0 Å². The van der Waals surface area contributed by atoms with Crippen molar-refractivity contribution >= 4 is 17.4 Å². The molecule has 1 fully saturated rings. The fraction of sp³-hybridized carbons (Fsp3) is 0.429. The van der Waals surface area contributed by atoms with Crippen molar-refractivity contribution in [2.24, 2.45) is 0 Å². The molecule has 2 aromatic carbocycles. The van der Waals surface area contributed by atoms with E-state index in [1.165, 1.54) is 5.56 Å². The van der Waals surface area contributed by atoms with E-state index in [1.54, 1.807) is 18.1 Å². The Balaban J connectivity index is 2.20. The van der Waals surface area contributed by atoms with Crippen LogP contribution < -0.4 is 4.74 Å². The standard InChI is InChI=1S/C28H35NO4/c1-7-8-9-14-29-24(21-12-10-20(11-13-21)17(2)3)23(26(31)28(29)32)25(30)22-16-18(4)15-19(5)27(22)33-6/h10-13,15-17,24,30H,7-9,14H2,1-6H3/b25-23+. The van der Waals surface area contributed by atoms with Crippen molar-refractivity contribution in [2.75, 3.05) is 13.7 Å². The Morgan fingerprint density at radius 1 is 1.09 bits per heavy atom. The van der Waals surface area contributed by atoms with Gasteiger partial charge in [0.1, 0.15) is 11.5 Å². The summed E-state index contributed by atoms with van der Waals surface area (Å²) in [6.45, 7) is 10.6. The molecule has 1 saturated heterocycles. The van der Waals surface area contributed by atoms with Crippen LogP contribution in [0, 0.1) is 13.8 Å². The van der Waals surface area contributed by atoms with Crippen LogP contribution in [0.2, 0.25) is 0 Å². The van der Waals surface area contributed by atoms with Gasteiger partial charge in [-0.3, -0.25) is 9.59 Å². The van der Waals surface area contributed by atoms with Crippen LogP contribution in [0.5, 0.6) is 5.75 Å². The molecular weight excluding hydrogens is 414 g/mol. The molecule has 5 nitrogen and oxygen atoms in total. The summed E-state index contributed by atoms with van der Waals surface area (Å²) in [6, 6.07) is 11.1. The molecule has 1 unspecified atom stereocenters. The van der Waals surface area contributed by atoms with E-state index in [1.807, 2.05) is 44.2 Å². The van der Waals surface area contributed by atoms with Gasteiger partial charge in [0.15, 0.2) is 0 Å². The van der Waals surface area contributed by atoms with Gasteiger partial charge in [0.25, 0.3) is 11.7 Å². The smallest absolute Gasteiger partial charge is 0.295 e. The van der Waals surface area contributed by atoms with E-state index in [0.717, 1.165) is 36.0 Å². The molecule has 1 heterocycles. The summed E-state index contributed by atoms with van der Waals surface area (Å²) >= 11 is 0. The monoisotopic (exact) mass is 449 g/mol. The second-order valence-corrected chi connectivity index (χ2v) is 9.18. The highest BCUT2D eigenvalue weighted by molar-refractivity contribution is 6.46. The zero-order chi connectivity index (χ0) is 24.3. The number of hydrogen-bond acceptors (Lipinski definition) is 4. The summed E-state index contributed by atoms with van der Waals surface area (Å²) in [7, 11) is 1.54. The Labute approximate surface area is 197 Å². The Hall–Kier alpha value is -3.08. The quantitative estimate of drug-likeness (QED) is 0.231. The maximum atomic E-state index is 13.2. The summed E-state index contributed by atoms with van der Waals surface area (Å²) in [5, 5.41) is 11.4. The van der Waals surface area contributed by atoms with Gasteiger partial charge in [-0.1, -0.05) is 63.9 Å². The lowest BCUT2D eigenvalue weighted by Gasteiger charge is -2.26. The average molecular weight is 450 g/mol. The van der Waals surface area contributed by atoms with E-state index in [4.69, 9.17) is 4.74 Å². The molecule has 0 bridgehead atoms. The Morgan fingerprint density at radius 2 is 1.76 bits per heavy atom. The van der Waals surface area contributed by atoms with Crippen molar-refractivity contribution in [3.8, 4) is 5.75 Å². The molecule has 0 spiro atoms. The molecule has 0 aromatic heterocycles. The van der Waals surface area contributed by atoms with Gasteiger partial charge in [-0.2, -0.15) is 0 Å². The summed E-state index contributed by atoms with van der Waals surface area (Å²) in [4.78, 5) is 27.9. The number of ether oxygens (including phenoxy) is 1. The minimum absolute atomic E-state index is 0.122. The fourth-order valence-electron chi connectivity index (χ4n) is 4.60. The van der Waals surface area contributed by atoms with E-state index in [2.05, 4.69) is 20.8 Å². The van der Waals surface area contributed by atoms with Crippen LogP contribution in [-0.2, 0) is 9.59 Å². The number of benzene rings is 2. The molecule has 1 N–H and O–H groups in total. The molecule has 176 valence electrons. The van der Waals surface area contributed by atoms with Crippen molar-refractivity contribution in [1.29, 1.82) is 0 Å². The van der Waals surface area contributed by atoms with E-state index < -0.39 is 17.7 Å². The molecule has 2 aromatic rings. The maximum absolute atomic E-state index is 13.2. The number of Topliss-reactive ketones (excluding diaryl/α,β-unsaturated/α-hetero) is 1. The number of hydrogen-bond donors (Lipinski definition) is 1. The van der Waals surface area contributed by atoms with Crippen LogP contribution in [0.1, 0.15) is 79.8 Å². The lowest BCUT2D eigenvalue weighted by Crippen LogP contribution is -2.30. The van der Waals surface area contributed by atoms with Crippen LogP contribution in [0.15, 0.2) is 42.0 Å². The number of aliphatic hydroxyl groups excluding tert-OH is 1. The molecule has 1 atom stereocenters. The fourth-order valence-corrected chi connectivity index (χ4v) is 4.60. The van der Waals surface area contributed by atoms with Crippen molar-refractivity contribution in [2.45, 2.75) is 65.8 Å². The lowest BCUT2D eigenvalue weighted by molar-refractivity contribution is -0.139. The number of rotatable bonds is 8. The van der Waals surface area contributed by atoms with E-state index in [9.17, 15) is 14.7 Å². The van der Waals surface area contributed by atoms with Gasteiger partial charge < -0.3 is 14.7 Å². The van der Waals surface area contributed by atoms with Crippen molar-refractivity contribution in [1.82, 2.24) is 4.90 Å². The number of nitrogens with zero attached hydrogens (tertiary/aromatic N) is 1. The predicted molar refractivity (Wildman–Crippen MR) is 132 cm³/mol. The van der Waals surface area contributed by atoms with E-state index in [0.29, 0.717) is 23.8 Å². The third-order valence-electron chi connectivity index (χ3n) is 6.34. The largest absolute Gasteiger partial charge is 0.507 e. The molecular formula is C28H35NO4. The lowest BCUT2D eigenvalue weighted by atomic mass is 9.92. The average Bonchev–Trinajstić information content (AvgIpc) is 3.03. The number of likely N-dealkylation sites (tertiary alicyclic amines) is 1. The zero-order valence-corrected chi connectivity index (χ0v) is 20.6. The highest BCUT2D eigenvalue weighted by atomic mass is 16.5. The molecule has 1 aliphatic rings. The topological polar surface area (TPSA) is 66.8 Å². The van der Waals surface area contributed by atoms with Crippen molar-refractivity contribution in [3.05, 3.63) is 69.8 Å². The van der Waals surface area contributed by atoms with Gasteiger partial charge in [0.05, 0.1) is 24.3 Å². The zero-order valence-electron chi connectivity index (χ0n) is 20.6. The van der Waals surface area contributed by atoms with Gasteiger partial charge in [-0.05, 0) is 54.5 Å². The summed E-state index contributed by atoms with van der Waals surface area (Å²) in [6.07, 6.45) is 2.78. The summed E-state index contributed by atoms with van der Waals surface area (Å²) < 4.78 is 5.56. The maximum Gasteiger partial charge on any atom is 0.295 e. The molecule has 1 aliphatic heterocycles. The van der Waals surface area contributed by atoms with Crippen LogP contribution in [-0.4, -0.2) is 35.4 Å². The first-order valence-electron chi connectivity index (χ1n) is 11.7. The second kappa shape index (κ2) is 10.2. The van der Waals surface area contributed by atoms with Gasteiger partial charge in [0, 0.05) is 6.54 Å². The van der Waals surface area contributed by atoms with E-state index in [-0.39, 0.29) is 11.3 Å². The molecule has 33 heavy (non-hydrogen) atoms. The number of unbranched alkanes of at least 4 members (excludes halogenated alkanes) is 2. The first-order valence-corrected chi connectivity index (χ1v) is 11.7. The predicted octanol–water partition coefficient (Wildman–Crippen LogP) is 6.05. The molecule has 0 radical (unpaired) electrons. The van der Waals surface area contributed by atoms with Crippen molar-refractivity contribution in [3.63, 3.8) is 0 Å². The highest BCUT2D eigenvalue weighted by Gasteiger charge is 2.46. The minimum Gasteiger partial charge on any atom is -0.507 e. The van der Waals surface area contributed by atoms with Crippen LogP contribution in [0.4, 0.5) is 0 Å². The first kappa shape index (κ1) is 24.6. The molecule has 1 amide bonds. The van der Waals surface area contributed by atoms with E-state index >= 15 is 0 Å². The number of aryl methyl sites for hydroxylation is 2. The van der Waals surface area contributed by atoms with Gasteiger partial charge in [-0.25, -0.2) is 0 Å². The Morgan fingerprint density at radius 3 is 2.33 bits per heavy atom. The molecule has 5 heteroatoms. The summed E-state index contributed by atoms with van der Waals surface area (Å²) in [5.74, 6) is -0.524. The number of methoxy groups -OCH3 is 1. The van der Waals surface area contributed by atoms with Gasteiger partial charge >= 0.3 is 0 Å². The Bertz CT molecular complexity index is 1070. The molecule has 3 rings (SSSR count). The SMILES string of the molecule is CCCCCN1C(=O)C(=O)/C(=C(/O)c2cc(C)cc(C)c2OC)C1c1ccc(C(C)C)cc1. The highest BCUT2D eigenvalue weighted by Crippen LogP contribution is 2.42. The normalized spacial score (nSPS) is 17.8. The molecule has 0 aliphatic carbocycles. The number of aliphatic hydroxyl groups is 1. The number of carbonyl (C=O) groups excluding carboxylic acids is 2. The third-order valence-corrected chi connectivity index (χ3v) is 6.34. The third kappa shape index (κ3) is 4.82. The molecule has 0 saturated carbocycles. The first-order chi connectivity index (χ1) is 15.7. The number of carbonyl (C=O) groups is 2. The van der Waals surface area contributed by atoms with Gasteiger partial charge in [-0.15, -0.1) is 0 Å². The van der Waals surface area contributed by atoms with Crippen LogP contribution in [0.3, 0.4) is 0 Å². The summed E-state index contributed by atoms with van der Waals surface area (Å²) in [5.41, 5.74) is 4.35. The number of amides is 1. The van der Waals surface area contributed by atoms with Crippen LogP contribution >= 0.6 is 0 Å². The minimum atomic E-state index is -0.650. The van der Waals surface area contributed by atoms with Crippen LogP contribution in [0.25, 0.3) is 5.76 Å². The number of ketones is 1.